The number of rotatable bonds is 5. The van der Waals surface area contributed by atoms with E-state index in [2.05, 4.69) is 0 Å². The largest absolute Gasteiger partial charge is 0.278 e. The van der Waals surface area contributed by atoms with Crippen LogP contribution in [-0.2, 0) is 4.79 Å². The third-order valence-electron chi connectivity index (χ3n) is 6.90. The molecule has 1 aliphatic heterocycles. The second-order valence-electron chi connectivity index (χ2n) is 9.47. The molecule has 0 N–H and O–H groups in total. The number of halogens is 1. The summed E-state index contributed by atoms with van der Waals surface area (Å²) in [6, 6.07) is 25.7. The average molecular weight is 586 g/mol. The molecule has 1 saturated heterocycles. The van der Waals surface area contributed by atoms with Crippen LogP contribution in [0.1, 0.15) is 29.6 Å². The molecule has 5 aromatic rings. The zero-order chi connectivity index (χ0) is 27.6. The molecule has 3 aromatic carbocycles. The van der Waals surface area contributed by atoms with Crippen molar-refractivity contribution in [1.29, 1.82) is 0 Å². The first-order chi connectivity index (χ1) is 19.5. The summed E-state index contributed by atoms with van der Waals surface area (Å²) in [4.78, 5) is 48.1. The van der Waals surface area contributed by atoms with E-state index in [1.807, 2.05) is 66.0 Å². The van der Waals surface area contributed by atoms with Crippen LogP contribution in [0.3, 0.4) is 0 Å². The zero-order valence-corrected chi connectivity index (χ0v) is 23.7. The van der Waals surface area contributed by atoms with E-state index in [0.29, 0.717) is 51.0 Å². The smallest absolute Gasteiger partial charge is 0.268 e. The second-order valence-corrected chi connectivity index (χ2v) is 11.9. The van der Waals surface area contributed by atoms with Gasteiger partial charge in [0.05, 0.1) is 16.3 Å². The van der Waals surface area contributed by atoms with Gasteiger partial charge in [-0.3, -0.25) is 23.9 Å². The quantitative estimate of drug-likeness (QED) is 0.163. The molecule has 6 rings (SSSR count). The van der Waals surface area contributed by atoms with Gasteiger partial charge in [0.25, 0.3) is 11.5 Å². The molecule has 1 unspecified atom stereocenters. The Balaban J connectivity index is 1.42. The summed E-state index contributed by atoms with van der Waals surface area (Å²) >= 11 is 8.67. The number of fused-ring (bicyclic) bond motifs is 1. The first-order valence-electron chi connectivity index (χ1n) is 12.9. The van der Waals surface area contributed by atoms with Gasteiger partial charge in [0.15, 0.2) is 5.16 Å². The first-order valence-corrected chi connectivity index (χ1v) is 15.1. The lowest BCUT2D eigenvalue weighted by Gasteiger charge is -2.23. The Morgan fingerprint density at radius 1 is 0.925 bits per heavy atom. The van der Waals surface area contributed by atoms with E-state index in [1.54, 1.807) is 28.8 Å². The highest BCUT2D eigenvalue weighted by Gasteiger charge is 2.34. The predicted molar refractivity (Wildman–Crippen MR) is 162 cm³/mol. The molecule has 2 amide bonds. The van der Waals surface area contributed by atoms with Crippen LogP contribution in [0.25, 0.3) is 27.0 Å². The van der Waals surface area contributed by atoms with E-state index >= 15 is 0 Å². The lowest BCUT2D eigenvalue weighted by atomic mass is 10.1. The summed E-state index contributed by atoms with van der Waals surface area (Å²) in [5, 5.41) is 2.91. The minimum Gasteiger partial charge on any atom is -0.278 e. The molecule has 0 spiro atoms. The Morgan fingerprint density at radius 2 is 1.62 bits per heavy atom. The number of imide groups is 1. The fourth-order valence-corrected chi connectivity index (χ4v) is 7.21. The van der Waals surface area contributed by atoms with Crippen molar-refractivity contribution in [2.24, 2.45) is 0 Å². The van der Waals surface area contributed by atoms with Gasteiger partial charge in [0.2, 0.25) is 5.91 Å². The maximum Gasteiger partial charge on any atom is 0.268 e. The van der Waals surface area contributed by atoms with Gasteiger partial charge >= 0.3 is 0 Å². The number of thioether (sulfide) groups is 1. The maximum absolute atomic E-state index is 14.1. The number of benzene rings is 3. The van der Waals surface area contributed by atoms with Gasteiger partial charge in [-0.15, -0.1) is 11.3 Å². The summed E-state index contributed by atoms with van der Waals surface area (Å²) < 4.78 is 1.59. The highest BCUT2D eigenvalue weighted by molar-refractivity contribution is 8.00. The van der Waals surface area contributed by atoms with Crippen LogP contribution >= 0.6 is 34.7 Å². The van der Waals surface area contributed by atoms with Gasteiger partial charge in [-0.25, -0.2) is 4.98 Å². The van der Waals surface area contributed by atoms with E-state index in [1.165, 1.54) is 28.0 Å². The Hall–Kier alpha value is -3.72. The van der Waals surface area contributed by atoms with Crippen LogP contribution in [0.4, 0.5) is 0 Å². The topological polar surface area (TPSA) is 72.3 Å². The van der Waals surface area contributed by atoms with Crippen molar-refractivity contribution in [3.63, 3.8) is 0 Å². The highest BCUT2D eigenvalue weighted by atomic mass is 35.5. The van der Waals surface area contributed by atoms with E-state index < -0.39 is 5.25 Å². The molecular formula is C31H24ClN3O3S2. The van der Waals surface area contributed by atoms with Gasteiger partial charge in [-0.05, 0) is 54.8 Å². The first kappa shape index (κ1) is 26.5. The maximum atomic E-state index is 14.1. The number of amides is 2. The Labute approximate surface area is 244 Å². The summed E-state index contributed by atoms with van der Waals surface area (Å²) in [6.45, 7) is 0.348. The molecule has 9 heteroatoms. The Kier molecular flexibility index (Phi) is 7.56. The van der Waals surface area contributed by atoms with Crippen LogP contribution in [0.15, 0.2) is 100 Å². The minimum absolute atomic E-state index is 0.186. The lowest BCUT2D eigenvalue weighted by molar-refractivity contribution is -0.127. The standard InChI is InChI=1S/C31H24ClN3O3S2/c32-22-16-14-21(15-17-22)28(36)34-18-8-7-13-25(29(34)37)40-31-33-27-26(24(19-39-27)20-9-3-1-4-10-20)30(38)35(31)23-11-5-2-6-12-23/h1-6,9-12,14-17,19,25H,7-8,13,18H2. The van der Waals surface area contributed by atoms with Crippen LogP contribution < -0.4 is 5.56 Å². The third-order valence-corrected chi connectivity index (χ3v) is 9.23. The number of para-hydroxylation sites is 1. The fourth-order valence-electron chi connectivity index (χ4n) is 4.88. The van der Waals surface area contributed by atoms with Crippen molar-refractivity contribution >= 4 is 56.7 Å². The number of carbonyl (C=O) groups is 2. The molecule has 3 heterocycles. The summed E-state index contributed by atoms with van der Waals surface area (Å²) in [5.41, 5.74) is 2.68. The normalized spacial score (nSPS) is 15.8. The van der Waals surface area contributed by atoms with Crippen LogP contribution in [-0.4, -0.2) is 38.1 Å². The molecular weight excluding hydrogens is 562 g/mol. The molecule has 0 radical (unpaired) electrons. The van der Waals surface area contributed by atoms with Gasteiger partial charge < -0.3 is 0 Å². The fraction of sp³-hybridized carbons (Fsp3) is 0.161. The van der Waals surface area contributed by atoms with Crippen molar-refractivity contribution < 1.29 is 9.59 Å². The molecule has 0 bridgehead atoms. The molecule has 2 aromatic heterocycles. The van der Waals surface area contributed by atoms with Gasteiger partial charge in [-0.2, -0.15) is 0 Å². The third kappa shape index (κ3) is 5.10. The number of thiophene rings is 1. The molecule has 200 valence electrons. The number of aromatic nitrogens is 2. The SMILES string of the molecule is O=C(c1ccc(Cl)cc1)N1CCCCC(Sc2nc3scc(-c4ccccc4)c3c(=O)n2-c2ccccc2)C1=O. The zero-order valence-electron chi connectivity index (χ0n) is 21.3. The van der Waals surface area contributed by atoms with E-state index in [0.717, 1.165) is 17.5 Å². The highest BCUT2D eigenvalue weighted by Crippen LogP contribution is 2.35. The number of nitrogens with zero attached hydrogens (tertiary/aromatic N) is 3. The number of carbonyl (C=O) groups excluding carboxylic acids is 2. The average Bonchev–Trinajstić information content (AvgIpc) is 3.33. The molecule has 0 aliphatic carbocycles. The summed E-state index contributed by atoms with van der Waals surface area (Å²) in [5.74, 6) is -0.614. The molecule has 1 aliphatic rings. The monoisotopic (exact) mass is 585 g/mol. The van der Waals surface area contributed by atoms with E-state index in [-0.39, 0.29) is 17.4 Å². The van der Waals surface area contributed by atoms with Crippen LogP contribution in [0.2, 0.25) is 5.02 Å². The number of hydrogen-bond donors (Lipinski definition) is 0. The van der Waals surface area contributed by atoms with Crippen molar-refractivity contribution in [3.05, 3.63) is 111 Å². The van der Waals surface area contributed by atoms with Gasteiger partial charge in [0.1, 0.15) is 4.83 Å². The van der Waals surface area contributed by atoms with Crippen molar-refractivity contribution in [1.82, 2.24) is 14.5 Å². The summed E-state index contributed by atoms with van der Waals surface area (Å²) in [7, 11) is 0. The predicted octanol–water partition coefficient (Wildman–Crippen LogP) is 7.08. The van der Waals surface area contributed by atoms with Gasteiger partial charge in [0, 0.05) is 28.1 Å². The summed E-state index contributed by atoms with van der Waals surface area (Å²) in [6.07, 6.45) is 2.07. The molecule has 6 nitrogen and oxygen atoms in total. The minimum atomic E-state index is -0.563. The lowest BCUT2D eigenvalue weighted by Crippen LogP contribution is -2.41. The van der Waals surface area contributed by atoms with Gasteiger partial charge in [-0.1, -0.05) is 78.3 Å². The number of hydrogen-bond acceptors (Lipinski definition) is 6. The van der Waals surface area contributed by atoms with Crippen molar-refractivity contribution in [2.75, 3.05) is 6.54 Å². The molecule has 1 fully saturated rings. The number of likely N-dealkylation sites (tertiary alicyclic amines) is 1. The van der Waals surface area contributed by atoms with Crippen LogP contribution in [0, 0.1) is 0 Å². The second kappa shape index (κ2) is 11.4. The Morgan fingerprint density at radius 3 is 2.35 bits per heavy atom. The van der Waals surface area contributed by atoms with Crippen molar-refractivity contribution in [2.45, 2.75) is 29.7 Å². The van der Waals surface area contributed by atoms with E-state index in [4.69, 9.17) is 16.6 Å². The molecule has 1 atom stereocenters. The Bertz CT molecular complexity index is 1750. The van der Waals surface area contributed by atoms with E-state index in [9.17, 15) is 14.4 Å². The molecule has 40 heavy (non-hydrogen) atoms. The molecule has 0 saturated carbocycles. The van der Waals surface area contributed by atoms with Crippen molar-refractivity contribution in [3.8, 4) is 16.8 Å². The van der Waals surface area contributed by atoms with Crippen LogP contribution in [0.5, 0.6) is 0 Å².